The first-order valence-electron chi connectivity index (χ1n) is 5.35. The van der Waals surface area contributed by atoms with E-state index in [1.54, 1.807) is 12.1 Å². The fourth-order valence-corrected chi connectivity index (χ4v) is 2.44. The van der Waals surface area contributed by atoms with Gasteiger partial charge in [0, 0.05) is 6.54 Å². The monoisotopic (exact) mass is 241 g/mol. The largest absolute Gasteiger partial charge is 0.397 e. The molecular weight excluding hydrogens is 226 g/mol. The Kier molecular flexibility index (Phi) is 3.12. The number of nitrogens with two attached hydrogens (primary N) is 2. The number of hydrogen-bond donors (Lipinski definition) is 3. The molecule has 4 nitrogen and oxygen atoms in total. The van der Waals surface area contributed by atoms with Crippen LogP contribution in [0.2, 0.25) is 5.02 Å². The van der Waals surface area contributed by atoms with Crippen molar-refractivity contribution in [1.29, 1.82) is 0 Å². The van der Waals surface area contributed by atoms with Gasteiger partial charge < -0.3 is 21.5 Å². The molecule has 1 heterocycles. The van der Waals surface area contributed by atoms with Crippen molar-refractivity contribution in [2.45, 2.75) is 18.9 Å². The summed E-state index contributed by atoms with van der Waals surface area (Å²) in [5.74, 6) is 0. The Morgan fingerprint density at radius 1 is 1.38 bits per heavy atom. The van der Waals surface area contributed by atoms with Crippen LogP contribution in [0.25, 0.3) is 0 Å². The van der Waals surface area contributed by atoms with Gasteiger partial charge in [0.05, 0.1) is 34.7 Å². The van der Waals surface area contributed by atoms with Gasteiger partial charge in [0.2, 0.25) is 0 Å². The van der Waals surface area contributed by atoms with Gasteiger partial charge in [-0.2, -0.15) is 0 Å². The standard InChI is InChI=1S/C11H16ClN3O/c12-8-4-9(13)10(14)5-11(8)15-3-1-2-7(15)6-16/h4-5,7,16H,1-3,6,13-14H2. The lowest BCUT2D eigenvalue weighted by atomic mass is 10.2. The topological polar surface area (TPSA) is 75.5 Å². The molecular formula is C11H16ClN3O. The van der Waals surface area contributed by atoms with Crippen LogP contribution in [-0.2, 0) is 0 Å². The van der Waals surface area contributed by atoms with Crippen LogP contribution in [0.1, 0.15) is 12.8 Å². The number of hydrogen-bond acceptors (Lipinski definition) is 4. The van der Waals surface area contributed by atoms with Crippen molar-refractivity contribution in [1.82, 2.24) is 0 Å². The molecule has 1 aliphatic heterocycles. The fourth-order valence-electron chi connectivity index (χ4n) is 2.16. The molecule has 1 atom stereocenters. The van der Waals surface area contributed by atoms with E-state index in [0.29, 0.717) is 16.4 Å². The van der Waals surface area contributed by atoms with Gasteiger partial charge >= 0.3 is 0 Å². The van der Waals surface area contributed by atoms with Crippen LogP contribution in [0.15, 0.2) is 12.1 Å². The first-order valence-corrected chi connectivity index (χ1v) is 5.73. The lowest BCUT2D eigenvalue weighted by Crippen LogP contribution is -2.32. The highest BCUT2D eigenvalue weighted by molar-refractivity contribution is 6.33. The predicted molar refractivity (Wildman–Crippen MR) is 67.7 cm³/mol. The second-order valence-corrected chi connectivity index (χ2v) is 4.51. The van der Waals surface area contributed by atoms with Crippen LogP contribution >= 0.6 is 11.6 Å². The van der Waals surface area contributed by atoms with Crippen LogP contribution in [0.3, 0.4) is 0 Å². The molecule has 1 aromatic rings. The van der Waals surface area contributed by atoms with Crippen molar-refractivity contribution in [3.05, 3.63) is 17.2 Å². The highest BCUT2D eigenvalue weighted by Crippen LogP contribution is 2.35. The highest BCUT2D eigenvalue weighted by Gasteiger charge is 2.25. The first-order chi connectivity index (χ1) is 7.63. The maximum atomic E-state index is 9.27. The summed E-state index contributed by atoms with van der Waals surface area (Å²) >= 11 is 6.14. The number of halogens is 1. The molecule has 0 saturated carbocycles. The van der Waals surface area contributed by atoms with Crippen molar-refractivity contribution in [2.24, 2.45) is 0 Å². The number of nitrogen functional groups attached to an aromatic ring is 2. The number of aliphatic hydroxyl groups excluding tert-OH is 1. The molecule has 1 aromatic carbocycles. The van der Waals surface area contributed by atoms with Gasteiger partial charge in [-0.05, 0) is 25.0 Å². The second kappa shape index (κ2) is 4.39. The van der Waals surface area contributed by atoms with Crippen molar-refractivity contribution in [3.8, 4) is 0 Å². The third-order valence-electron chi connectivity index (χ3n) is 3.05. The minimum absolute atomic E-state index is 0.139. The SMILES string of the molecule is Nc1cc(Cl)c(N2CCCC2CO)cc1N. The van der Waals surface area contributed by atoms with E-state index in [4.69, 9.17) is 23.1 Å². The van der Waals surface area contributed by atoms with Gasteiger partial charge in [-0.15, -0.1) is 0 Å². The molecule has 1 saturated heterocycles. The molecule has 0 aromatic heterocycles. The fraction of sp³-hybridized carbons (Fsp3) is 0.455. The molecule has 2 rings (SSSR count). The number of rotatable bonds is 2. The Balaban J connectivity index is 2.36. The normalized spacial score (nSPS) is 20.4. The molecule has 5 N–H and O–H groups in total. The van der Waals surface area contributed by atoms with E-state index >= 15 is 0 Å². The van der Waals surface area contributed by atoms with Crippen molar-refractivity contribution < 1.29 is 5.11 Å². The van der Waals surface area contributed by atoms with E-state index in [1.807, 2.05) is 0 Å². The molecule has 1 aliphatic rings. The predicted octanol–water partition coefficient (Wildman–Crippen LogP) is 1.47. The average Bonchev–Trinajstić information content (AvgIpc) is 2.71. The van der Waals surface area contributed by atoms with Crippen LogP contribution in [-0.4, -0.2) is 24.3 Å². The Morgan fingerprint density at radius 3 is 2.75 bits per heavy atom. The number of aliphatic hydroxyl groups is 1. The summed E-state index contributed by atoms with van der Waals surface area (Å²) in [6, 6.07) is 3.59. The van der Waals surface area contributed by atoms with E-state index in [1.165, 1.54) is 0 Å². The van der Waals surface area contributed by atoms with Gasteiger partial charge in [0.15, 0.2) is 0 Å². The molecule has 5 heteroatoms. The summed E-state index contributed by atoms with van der Waals surface area (Å²) in [7, 11) is 0. The van der Waals surface area contributed by atoms with E-state index in [9.17, 15) is 5.11 Å². The summed E-state index contributed by atoms with van der Waals surface area (Å²) in [5, 5.41) is 9.86. The van der Waals surface area contributed by atoms with Crippen molar-refractivity contribution in [3.63, 3.8) is 0 Å². The third-order valence-corrected chi connectivity index (χ3v) is 3.35. The van der Waals surface area contributed by atoms with Crippen LogP contribution < -0.4 is 16.4 Å². The van der Waals surface area contributed by atoms with Crippen LogP contribution in [0.5, 0.6) is 0 Å². The van der Waals surface area contributed by atoms with Gasteiger partial charge in [-0.3, -0.25) is 0 Å². The molecule has 0 radical (unpaired) electrons. The van der Waals surface area contributed by atoms with Crippen molar-refractivity contribution >= 4 is 28.7 Å². The highest BCUT2D eigenvalue weighted by atomic mass is 35.5. The third kappa shape index (κ3) is 1.90. The Bertz CT molecular complexity index is 397. The molecule has 0 spiro atoms. The molecule has 0 amide bonds. The maximum Gasteiger partial charge on any atom is 0.0661 e. The quantitative estimate of drug-likeness (QED) is 0.686. The number of nitrogens with zero attached hydrogens (tertiary/aromatic N) is 1. The van der Waals surface area contributed by atoms with Crippen molar-refractivity contribution in [2.75, 3.05) is 29.5 Å². The summed E-state index contributed by atoms with van der Waals surface area (Å²) in [6.07, 6.45) is 2.04. The zero-order valence-electron chi connectivity index (χ0n) is 8.99. The zero-order valence-corrected chi connectivity index (χ0v) is 9.74. The summed E-state index contributed by atoms with van der Waals surface area (Å²) in [4.78, 5) is 2.10. The smallest absolute Gasteiger partial charge is 0.0661 e. The molecule has 16 heavy (non-hydrogen) atoms. The van der Waals surface area contributed by atoms with E-state index in [0.717, 1.165) is 25.1 Å². The van der Waals surface area contributed by atoms with Gasteiger partial charge in [-0.1, -0.05) is 11.6 Å². The Hall–Kier alpha value is -1.13. The van der Waals surface area contributed by atoms with E-state index in [-0.39, 0.29) is 12.6 Å². The molecule has 1 unspecified atom stereocenters. The Morgan fingerprint density at radius 2 is 2.06 bits per heavy atom. The molecule has 1 fully saturated rings. The molecule has 0 aliphatic carbocycles. The summed E-state index contributed by atoms with van der Waals surface area (Å²) in [6.45, 7) is 1.04. The minimum Gasteiger partial charge on any atom is -0.397 e. The van der Waals surface area contributed by atoms with Gasteiger partial charge in [0.1, 0.15) is 0 Å². The first kappa shape index (κ1) is 11.4. The van der Waals surface area contributed by atoms with Crippen LogP contribution in [0, 0.1) is 0 Å². The second-order valence-electron chi connectivity index (χ2n) is 4.10. The zero-order chi connectivity index (χ0) is 11.7. The Labute approximate surface area is 99.8 Å². The lowest BCUT2D eigenvalue weighted by molar-refractivity contribution is 0.266. The number of benzene rings is 1. The molecule has 88 valence electrons. The summed E-state index contributed by atoms with van der Waals surface area (Å²) in [5.41, 5.74) is 13.3. The van der Waals surface area contributed by atoms with Crippen LogP contribution in [0.4, 0.5) is 17.1 Å². The minimum atomic E-state index is 0.139. The van der Waals surface area contributed by atoms with Gasteiger partial charge in [-0.25, -0.2) is 0 Å². The lowest BCUT2D eigenvalue weighted by Gasteiger charge is -2.26. The maximum absolute atomic E-state index is 9.27. The number of anilines is 3. The average molecular weight is 242 g/mol. The molecule has 0 bridgehead atoms. The van der Waals surface area contributed by atoms with E-state index in [2.05, 4.69) is 4.90 Å². The van der Waals surface area contributed by atoms with E-state index < -0.39 is 0 Å². The van der Waals surface area contributed by atoms with Gasteiger partial charge in [0.25, 0.3) is 0 Å². The summed E-state index contributed by atoms with van der Waals surface area (Å²) < 4.78 is 0.